The third-order valence-corrected chi connectivity index (χ3v) is 5.85. The van der Waals surface area contributed by atoms with Crippen molar-refractivity contribution in [3.8, 4) is 34.0 Å². The van der Waals surface area contributed by atoms with Crippen molar-refractivity contribution < 1.29 is 35.3 Å². The molecule has 0 aliphatic rings. The van der Waals surface area contributed by atoms with E-state index >= 15 is 0 Å². The minimum absolute atomic E-state index is 0.0257. The molecule has 0 aliphatic heterocycles. The number of aromatic nitrogens is 2. The first-order chi connectivity index (χ1) is 15.0. The predicted octanol–water partition coefficient (Wildman–Crippen LogP) is 5.17. The summed E-state index contributed by atoms with van der Waals surface area (Å²) in [5.41, 5.74) is -4.71. The van der Waals surface area contributed by atoms with Crippen LogP contribution in [-0.2, 0) is 10.1 Å². The van der Waals surface area contributed by atoms with E-state index in [1.54, 1.807) is 12.1 Å². The number of hydrogen-bond donors (Lipinski definition) is 0. The van der Waals surface area contributed by atoms with Gasteiger partial charge in [0.25, 0.3) is 0 Å². The number of hydrogen-bond acceptors (Lipinski definition) is 7. The molecule has 0 N–H and O–H groups in total. The average molecular weight is 507 g/mol. The monoisotopic (exact) mass is 506 g/mol. The van der Waals surface area contributed by atoms with Crippen LogP contribution in [0, 0.1) is 0 Å². The highest BCUT2D eigenvalue weighted by Gasteiger charge is 2.48. The molecule has 0 saturated carbocycles. The average Bonchev–Trinajstić information content (AvgIpc) is 2.74. The van der Waals surface area contributed by atoms with E-state index in [-0.39, 0.29) is 33.4 Å². The summed E-state index contributed by atoms with van der Waals surface area (Å²) in [5.74, 6) is -0.760. The number of methoxy groups -OCH3 is 1. The Balaban J connectivity index is 2.11. The highest BCUT2D eigenvalue weighted by Crippen LogP contribution is 2.42. The fraction of sp³-hybridized carbons (Fsp3) is 0.105. The topological polar surface area (TPSA) is 95.5 Å². The van der Waals surface area contributed by atoms with Crippen molar-refractivity contribution in [1.29, 1.82) is 0 Å². The molecule has 0 atom stereocenters. The number of ether oxygens (including phenoxy) is 1. The summed E-state index contributed by atoms with van der Waals surface area (Å²) in [4.78, 5) is 19.2. The van der Waals surface area contributed by atoms with Crippen LogP contribution < -0.4 is 8.92 Å². The Morgan fingerprint density at radius 3 is 2.19 bits per heavy atom. The number of benzene rings is 2. The lowest BCUT2D eigenvalue weighted by molar-refractivity contribution is -0.0500. The van der Waals surface area contributed by atoms with Gasteiger partial charge in [-0.1, -0.05) is 53.5 Å². The van der Waals surface area contributed by atoms with Gasteiger partial charge in [0.2, 0.25) is 5.88 Å². The summed E-state index contributed by atoms with van der Waals surface area (Å²) in [6.45, 7) is 0. The van der Waals surface area contributed by atoms with E-state index < -0.39 is 26.4 Å². The van der Waals surface area contributed by atoms with Gasteiger partial charge in [0, 0.05) is 16.7 Å². The molecule has 7 nitrogen and oxygen atoms in total. The standard InChI is InChI=1S/C19H11Cl2F3N2O5S/c1-30-18-14(9-27)25-8-13(26-18)12-6-2-4-10(16(12)20)11-5-3-7-15(17(11)21)31-32(28,29)19(22,23)24/h2-9H,1H3. The number of aldehydes is 1. The van der Waals surface area contributed by atoms with Crippen molar-refractivity contribution >= 4 is 39.6 Å². The number of nitrogens with zero attached hydrogens (tertiary/aromatic N) is 2. The number of carbonyl (C=O) groups excluding carboxylic acids is 1. The van der Waals surface area contributed by atoms with Gasteiger partial charge in [0.1, 0.15) is 0 Å². The van der Waals surface area contributed by atoms with Crippen molar-refractivity contribution in [3.63, 3.8) is 0 Å². The zero-order chi connectivity index (χ0) is 23.7. The Kier molecular flexibility index (Phi) is 6.63. The van der Waals surface area contributed by atoms with E-state index in [1.807, 2.05) is 0 Å². The number of rotatable bonds is 6. The van der Waals surface area contributed by atoms with Crippen molar-refractivity contribution in [2.75, 3.05) is 7.11 Å². The largest absolute Gasteiger partial charge is 0.534 e. The number of carbonyl (C=O) groups is 1. The quantitative estimate of drug-likeness (QED) is 0.258. The van der Waals surface area contributed by atoms with Crippen molar-refractivity contribution in [2.45, 2.75) is 5.51 Å². The lowest BCUT2D eigenvalue weighted by atomic mass is 10.0. The van der Waals surface area contributed by atoms with Crippen LogP contribution in [0.3, 0.4) is 0 Å². The van der Waals surface area contributed by atoms with Crippen LogP contribution in [0.1, 0.15) is 10.5 Å². The minimum atomic E-state index is -5.93. The van der Waals surface area contributed by atoms with Gasteiger partial charge in [-0.3, -0.25) is 4.79 Å². The third-order valence-electron chi connectivity index (χ3n) is 4.08. The first-order valence-electron chi connectivity index (χ1n) is 8.45. The van der Waals surface area contributed by atoms with Crippen molar-refractivity contribution in [1.82, 2.24) is 9.97 Å². The van der Waals surface area contributed by atoms with Gasteiger partial charge in [-0.15, -0.1) is 0 Å². The van der Waals surface area contributed by atoms with Crippen LogP contribution in [-0.4, -0.2) is 37.3 Å². The maximum atomic E-state index is 12.7. The molecule has 32 heavy (non-hydrogen) atoms. The Morgan fingerprint density at radius 1 is 1.00 bits per heavy atom. The summed E-state index contributed by atoms with van der Waals surface area (Å²) in [6.07, 6.45) is 1.75. The maximum absolute atomic E-state index is 12.7. The van der Waals surface area contributed by atoms with Gasteiger partial charge in [0.05, 0.1) is 29.0 Å². The normalized spacial score (nSPS) is 11.8. The maximum Gasteiger partial charge on any atom is 0.534 e. The van der Waals surface area contributed by atoms with E-state index in [0.29, 0.717) is 11.8 Å². The molecule has 0 fully saturated rings. The molecule has 0 amide bonds. The fourth-order valence-corrected chi connectivity index (χ4v) is 3.74. The highest BCUT2D eigenvalue weighted by molar-refractivity contribution is 7.88. The van der Waals surface area contributed by atoms with Crippen molar-refractivity contribution in [3.05, 3.63) is 58.3 Å². The number of alkyl halides is 3. The van der Waals surface area contributed by atoms with E-state index in [2.05, 4.69) is 14.2 Å². The molecule has 1 aromatic heterocycles. The Morgan fingerprint density at radius 2 is 1.59 bits per heavy atom. The second kappa shape index (κ2) is 8.93. The second-order valence-electron chi connectivity index (χ2n) is 6.04. The van der Waals surface area contributed by atoms with Gasteiger partial charge in [-0.25, -0.2) is 9.97 Å². The van der Waals surface area contributed by atoms with Gasteiger partial charge in [-0.2, -0.15) is 21.6 Å². The molecule has 1 heterocycles. The SMILES string of the molecule is COc1nc(-c2cccc(-c3cccc(OS(=O)(=O)C(F)(F)F)c3Cl)c2Cl)cnc1C=O. The Labute approximate surface area is 189 Å². The summed E-state index contributed by atoms with van der Waals surface area (Å²) in [6, 6.07) is 8.31. The fourth-order valence-electron chi connectivity index (χ4n) is 2.63. The van der Waals surface area contributed by atoms with Crippen LogP contribution in [0.15, 0.2) is 42.6 Å². The Hall–Kier alpha value is -2.89. The first-order valence-corrected chi connectivity index (χ1v) is 10.6. The van der Waals surface area contributed by atoms with Gasteiger partial charge in [-0.05, 0) is 6.07 Å². The van der Waals surface area contributed by atoms with Crippen LogP contribution >= 0.6 is 23.2 Å². The molecule has 3 aromatic rings. The molecule has 0 unspecified atom stereocenters. The first kappa shape index (κ1) is 23.8. The molecular weight excluding hydrogens is 496 g/mol. The van der Waals surface area contributed by atoms with Crippen LogP contribution in [0.5, 0.6) is 11.6 Å². The molecule has 0 spiro atoms. The van der Waals surface area contributed by atoms with E-state index in [4.69, 9.17) is 27.9 Å². The molecule has 0 saturated heterocycles. The van der Waals surface area contributed by atoms with E-state index in [9.17, 15) is 26.4 Å². The molecule has 168 valence electrons. The summed E-state index contributed by atoms with van der Waals surface area (Å²) in [7, 11) is -4.62. The minimum Gasteiger partial charge on any atom is -0.479 e. The molecule has 0 aliphatic carbocycles. The zero-order valence-corrected chi connectivity index (χ0v) is 18.2. The molecule has 3 rings (SSSR count). The second-order valence-corrected chi connectivity index (χ2v) is 8.33. The van der Waals surface area contributed by atoms with E-state index in [1.165, 1.54) is 31.5 Å². The summed E-state index contributed by atoms with van der Waals surface area (Å²) in [5, 5.41) is -0.320. The Bertz CT molecular complexity index is 1300. The predicted molar refractivity (Wildman–Crippen MR) is 110 cm³/mol. The molecule has 2 aromatic carbocycles. The third kappa shape index (κ3) is 4.50. The van der Waals surface area contributed by atoms with Crippen molar-refractivity contribution in [2.24, 2.45) is 0 Å². The molecular formula is C19H11Cl2F3N2O5S. The summed E-state index contributed by atoms with van der Waals surface area (Å²) >= 11 is 12.7. The lowest BCUT2D eigenvalue weighted by Gasteiger charge is -2.15. The van der Waals surface area contributed by atoms with Gasteiger partial charge >= 0.3 is 15.6 Å². The lowest BCUT2D eigenvalue weighted by Crippen LogP contribution is -2.28. The van der Waals surface area contributed by atoms with Crippen LogP contribution in [0.4, 0.5) is 13.2 Å². The smallest absolute Gasteiger partial charge is 0.479 e. The molecule has 13 heteroatoms. The van der Waals surface area contributed by atoms with E-state index in [0.717, 1.165) is 6.07 Å². The summed E-state index contributed by atoms with van der Waals surface area (Å²) < 4.78 is 69.9. The molecule has 0 radical (unpaired) electrons. The zero-order valence-electron chi connectivity index (χ0n) is 15.9. The van der Waals surface area contributed by atoms with Crippen LogP contribution in [0.2, 0.25) is 10.0 Å². The van der Waals surface area contributed by atoms with Crippen LogP contribution in [0.25, 0.3) is 22.4 Å². The molecule has 0 bridgehead atoms. The van der Waals surface area contributed by atoms with Gasteiger partial charge < -0.3 is 8.92 Å². The highest BCUT2D eigenvalue weighted by atomic mass is 35.5. The van der Waals surface area contributed by atoms with Gasteiger partial charge in [0.15, 0.2) is 17.7 Å². The number of halogens is 5.